The third-order valence-corrected chi connectivity index (χ3v) is 6.84. The number of rotatable bonds is 16. The molecule has 3 N–H and O–H groups in total. The molecule has 1 aromatic carbocycles. The SMILES string of the molecule is CCCCCCCN(C(=O)C(NC(=O)OC(C)(C)C)C(C)CC)C(C(=O)NC(C)CCC)c1ccccc1O. The second kappa shape index (κ2) is 17.0. The summed E-state index contributed by atoms with van der Waals surface area (Å²) in [4.78, 5) is 42.4. The lowest BCUT2D eigenvalue weighted by Crippen LogP contribution is -2.55. The number of unbranched alkanes of at least 4 members (excludes halogenated alkanes) is 4. The Hall–Kier alpha value is -2.77. The Morgan fingerprint density at radius 1 is 0.949 bits per heavy atom. The average molecular weight is 548 g/mol. The Labute approximate surface area is 236 Å². The van der Waals surface area contributed by atoms with Crippen LogP contribution in [0.25, 0.3) is 0 Å². The molecule has 3 amide bonds. The van der Waals surface area contributed by atoms with Crippen LogP contribution in [0.5, 0.6) is 5.75 Å². The molecule has 1 aromatic rings. The van der Waals surface area contributed by atoms with E-state index in [9.17, 15) is 19.5 Å². The van der Waals surface area contributed by atoms with Crippen LogP contribution in [0.2, 0.25) is 0 Å². The van der Waals surface area contributed by atoms with Gasteiger partial charge < -0.3 is 25.4 Å². The molecular formula is C31H53N3O5. The lowest BCUT2D eigenvalue weighted by Gasteiger charge is -2.36. The Morgan fingerprint density at radius 2 is 1.59 bits per heavy atom. The molecule has 0 aromatic heterocycles. The van der Waals surface area contributed by atoms with Crippen molar-refractivity contribution in [2.75, 3.05) is 6.54 Å². The van der Waals surface area contributed by atoms with Crippen LogP contribution in [-0.4, -0.2) is 52.1 Å². The zero-order valence-corrected chi connectivity index (χ0v) is 25.5. The summed E-state index contributed by atoms with van der Waals surface area (Å²) in [6.45, 7) is 15.6. The summed E-state index contributed by atoms with van der Waals surface area (Å²) < 4.78 is 5.47. The van der Waals surface area contributed by atoms with Gasteiger partial charge in [-0.3, -0.25) is 9.59 Å². The van der Waals surface area contributed by atoms with E-state index < -0.39 is 23.8 Å². The molecule has 1 rings (SSSR count). The van der Waals surface area contributed by atoms with Gasteiger partial charge >= 0.3 is 6.09 Å². The number of benzene rings is 1. The van der Waals surface area contributed by atoms with Gasteiger partial charge in [0.25, 0.3) is 0 Å². The molecule has 0 saturated carbocycles. The molecule has 222 valence electrons. The van der Waals surface area contributed by atoms with Crippen molar-refractivity contribution in [2.45, 2.75) is 130 Å². The fourth-order valence-electron chi connectivity index (χ4n) is 4.54. The second-order valence-corrected chi connectivity index (χ2v) is 11.6. The summed E-state index contributed by atoms with van der Waals surface area (Å²) >= 11 is 0. The van der Waals surface area contributed by atoms with Crippen molar-refractivity contribution < 1.29 is 24.2 Å². The van der Waals surface area contributed by atoms with Gasteiger partial charge in [-0.2, -0.15) is 0 Å². The van der Waals surface area contributed by atoms with Crippen molar-refractivity contribution in [1.82, 2.24) is 15.5 Å². The second-order valence-electron chi connectivity index (χ2n) is 11.6. The number of hydrogen-bond acceptors (Lipinski definition) is 5. The van der Waals surface area contributed by atoms with Gasteiger partial charge in [-0.05, 0) is 52.5 Å². The van der Waals surface area contributed by atoms with Gasteiger partial charge in [0, 0.05) is 18.2 Å². The van der Waals surface area contributed by atoms with Crippen LogP contribution in [0, 0.1) is 5.92 Å². The number of nitrogens with one attached hydrogen (secondary N) is 2. The highest BCUT2D eigenvalue weighted by Gasteiger charge is 2.39. The Kier molecular flexibility index (Phi) is 15.0. The first-order valence-electron chi connectivity index (χ1n) is 14.7. The monoisotopic (exact) mass is 547 g/mol. The summed E-state index contributed by atoms with van der Waals surface area (Å²) in [7, 11) is 0. The lowest BCUT2D eigenvalue weighted by atomic mass is 9.95. The van der Waals surface area contributed by atoms with Crippen LogP contribution in [0.3, 0.4) is 0 Å². The molecule has 0 aliphatic rings. The fraction of sp³-hybridized carbons (Fsp3) is 0.710. The van der Waals surface area contributed by atoms with Crippen molar-refractivity contribution in [1.29, 1.82) is 0 Å². The molecule has 0 saturated heterocycles. The fourth-order valence-corrected chi connectivity index (χ4v) is 4.54. The lowest BCUT2D eigenvalue weighted by molar-refractivity contribution is -0.143. The number of carbonyl (C=O) groups is 3. The first-order chi connectivity index (χ1) is 18.4. The zero-order valence-electron chi connectivity index (χ0n) is 25.5. The molecule has 8 heteroatoms. The summed E-state index contributed by atoms with van der Waals surface area (Å²) in [5, 5.41) is 16.6. The van der Waals surface area contributed by atoms with E-state index in [0.29, 0.717) is 24.9 Å². The molecule has 0 radical (unpaired) electrons. The van der Waals surface area contributed by atoms with E-state index >= 15 is 0 Å². The molecule has 0 spiro atoms. The number of carbonyl (C=O) groups excluding carboxylic acids is 3. The minimum Gasteiger partial charge on any atom is -0.508 e. The first kappa shape index (κ1) is 34.3. The van der Waals surface area contributed by atoms with E-state index in [0.717, 1.165) is 38.5 Å². The van der Waals surface area contributed by atoms with Gasteiger partial charge in [0.1, 0.15) is 23.4 Å². The van der Waals surface area contributed by atoms with Gasteiger partial charge in [0.05, 0.1) is 0 Å². The summed E-state index contributed by atoms with van der Waals surface area (Å²) in [5.41, 5.74) is -0.361. The minimum atomic E-state index is -1.05. The zero-order chi connectivity index (χ0) is 29.6. The predicted octanol–water partition coefficient (Wildman–Crippen LogP) is 6.48. The number of aromatic hydroxyl groups is 1. The van der Waals surface area contributed by atoms with Gasteiger partial charge in [0.2, 0.25) is 11.8 Å². The third kappa shape index (κ3) is 11.9. The molecular weight excluding hydrogens is 494 g/mol. The summed E-state index contributed by atoms with van der Waals surface area (Å²) in [6.07, 6.45) is 6.49. The maximum atomic E-state index is 14.3. The smallest absolute Gasteiger partial charge is 0.408 e. The van der Waals surface area contributed by atoms with Crippen LogP contribution >= 0.6 is 0 Å². The highest BCUT2D eigenvalue weighted by atomic mass is 16.6. The number of para-hydroxylation sites is 1. The average Bonchev–Trinajstić information content (AvgIpc) is 2.85. The van der Waals surface area contributed by atoms with Gasteiger partial charge in [0.15, 0.2) is 0 Å². The number of alkyl carbamates (subject to hydrolysis) is 1. The Morgan fingerprint density at radius 3 is 2.15 bits per heavy atom. The maximum absolute atomic E-state index is 14.3. The van der Waals surface area contributed by atoms with Crippen LogP contribution < -0.4 is 10.6 Å². The standard InChI is InChI=1S/C31H53N3O5/c1-9-12-13-14-17-21-34(29(37)26(22(4)11-3)33-30(38)39-31(6,7)8)27(24-19-15-16-20-25(24)35)28(36)32-23(5)18-10-2/h15-16,19-20,22-23,26-27,35H,9-14,17-18,21H2,1-8H3,(H,32,36)(H,33,38). The molecule has 0 heterocycles. The van der Waals surface area contributed by atoms with Gasteiger partial charge in [-0.15, -0.1) is 0 Å². The van der Waals surface area contributed by atoms with E-state index in [-0.39, 0.29) is 29.5 Å². The minimum absolute atomic E-state index is 0.0511. The van der Waals surface area contributed by atoms with Crippen molar-refractivity contribution in [2.24, 2.45) is 5.92 Å². The Balaban J connectivity index is 3.53. The molecule has 4 atom stereocenters. The quantitative estimate of drug-likeness (QED) is 0.205. The van der Waals surface area contributed by atoms with Gasteiger partial charge in [-0.1, -0.05) is 84.4 Å². The van der Waals surface area contributed by atoms with E-state index in [2.05, 4.69) is 17.6 Å². The third-order valence-electron chi connectivity index (χ3n) is 6.84. The van der Waals surface area contributed by atoms with E-state index in [1.54, 1.807) is 43.9 Å². The molecule has 0 aliphatic carbocycles. The van der Waals surface area contributed by atoms with Crippen LogP contribution in [0.15, 0.2) is 24.3 Å². The molecule has 8 nitrogen and oxygen atoms in total. The molecule has 0 fully saturated rings. The number of amides is 3. The molecule has 0 aliphatic heterocycles. The molecule has 4 unspecified atom stereocenters. The van der Waals surface area contributed by atoms with Crippen LogP contribution in [0.1, 0.15) is 118 Å². The highest BCUT2D eigenvalue weighted by molar-refractivity contribution is 5.92. The van der Waals surface area contributed by atoms with Crippen LogP contribution in [-0.2, 0) is 14.3 Å². The predicted molar refractivity (Wildman–Crippen MR) is 156 cm³/mol. The number of nitrogens with zero attached hydrogens (tertiary/aromatic N) is 1. The normalized spacial score (nSPS) is 14.6. The highest BCUT2D eigenvalue weighted by Crippen LogP contribution is 2.31. The van der Waals surface area contributed by atoms with Gasteiger partial charge in [-0.25, -0.2) is 4.79 Å². The van der Waals surface area contributed by atoms with E-state index in [1.807, 2.05) is 27.7 Å². The number of hydrogen-bond donors (Lipinski definition) is 3. The van der Waals surface area contributed by atoms with Crippen molar-refractivity contribution >= 4 is 17.9 Å². The first-order valence-corrected chi connectivity index (χ1v) is 14.7. The maximum Gasteiger partial charge on any atom is 0.408 e. The van der Waals surface area contributed by atoms with E-state index in [4.69, 9.17) is 4.74 Å². The Bertz CT molecular complexity index is 898. The number of phenolic OH excluding ortho intramolecular Hbond substituents is 1. The number of phenols is 1. The number of ether oxygens (including phenoxy) is 1. The summed E-state index contributed by atoms with van der Waals surface area (Å²) in [5.74, 6) is -0.971. The van der Waals surface area contributed by atoms with Crippen molar-refractivity contribution in [3.63, 3.8) is 0 Å². The molecule has 39 heavy (non-hydrogen) atoms. The molecule has 0 bridgehead atoms. The van der Waals surface area contributed by atoms with Crippen LogP contribution in [0.4, 0.5) is 4.79 Å². The van der Waals surface area contributed by atoms with Crippen molar-refractivity contribution in [3.05, 3.63) is 29.8 Å². The summed E-state index contributed by atoms with van der Waals surface area (Å²) in [6, 6.07) is 4.62. The topological polar surface area (TPSA) is 108 Å². The van der Waals surface area contributed by atoms with E-state index in [1.165, 1.54) is 6.07 Å². The van der Waals surface area contributed by atoms with Crippen molar-refractivity contribution in [3.8, 4) is 5.75 Å². The largest absolute Gasteiger partial charge is 0.508 e.